The minimum atomic E-state index is -0.792. The van der Waals surface area contributed by atoms with E-state index in [0.717, 1.165) is 43.5 Å². The van der Waals surface area contributed by atoms with Crippen molar-refractivity contribution in [3.8, 4) is 0 Å². The van der Waals surface area contributed by atoms with Crippen LogP contribution in [-0.2, 0) is 13.7 Å². The summed E-state index contributed by atoms with van der Waals surface area (Å²) in [5, 5.41) is 11.7. The standard InChI is InChI=1S/C24H27F2N7O/c1-3-27-15-6-8-32(9-7-15)21-5-4-18(22-19(21)14-31(2)30-22)24(34)29-16-10-20(26)23-28-17(11-25)13-33(23)12-16/h4-5,10,12-15,27H,3,6-9,11H2,1-2H3,(H,29,34). The van der Waals surface area contributed by atoms with Crippen LogP contribution >= 0.6 is 0 Å². The van der Waals surface area contributed by atoms with Gasteiger partial charge in [0.05, 0.1) is 16.9 Å². The van der Waals surface area contributed by atoms with E-state index in [9.17, 15) is 13.6 Å². The maximum atomic E-state index is 14.5. The monoisotopic (exact) mass is 467 g/mol. The zero-order chi connectivity index (χ0) is 23.8. The molecule has 4 aromatic rings. The number of hydrogen-bond donors (Lipinski definition) is 2. The van der Waals surface area contributed by atoms with Crippen LogP contribution in [0.25, 0.3) is 16.6 Å². The first-order valence-electron chi connectivity index (χ1n) is 11.5. The lowest BCUT2D eigenvalue weighted by molar-refractivity contribution is 0.102. The maximum Gasteiger partial charge on any atom is 0.257 e. The highest BCUT2D eigenvalue weighted by atomic mass is 19.1. The molecule has 1 aliphatic rings. The Bertz CT molecular complexity index is 1350. The van der Waals surface area contributed by atoms with Crippen LogP contribution in [0.1, 0.15) is 35.8 Å². The third-order valence-electron chi connectivity index (χ3n) is 6.29. The number of benzene rings is 1. The second-order valence-electron chi connectivity index (χ2n) is 8.64. The molecular formula is C24H27F2N7O. The second kappa shape index (κ2) is 9.02. The summed E-state index contributed by atoms with van der Waals surface area (Å²) in [6.45, 7) is 4.16. The molecule has 178 valence electrons. The number of carbonyl (C=O) groups excluding carboxylic acids is 1. The minimum absolute atomic E-state index is 0.0139. The lowest BCUT2D eigenvalue weighted by Crippen LogP contribution is -2.42. The largest absolute Gasteiger partial charge is 0.371 e. The molecule has 0 aliphatic carbocycles. The fraction of sp³-hybridized carbons (Fsp3) is 0.375. The number of halogens is 2. The summed E-state index contributed by atoms with van der Waals surface area (Å²) in [4.78, 5) is 19.4. The van der Waals surface area contributed by atoms with Crippen LogP contribution in [0, 0.1) is 5.82 Å². The highest BCUT2D eigenvalue weighted by Gasteiger charge is 2.23. The van der Waals surface area contributed by atoms with Crippen molar-refractivity contribution >= 4 is 33.8 Å². The van der Waals surface area contributed by atoms with Crippen LogP contribution in [0.3, 0.4) is 0 Å². The summed E-state index contributed by atoms with van der Waals surface area (Å²) in [5.41, 5.74) is 2.44. The van der Waals surface area contributed by atoms with E-state index in [1.54, 1.807) is 10.7 Å². The Morgan fingerprint density at radius 1 is 1.21 bits per heavy atom. The van der Waals surface area contributed by atoms with Gasteiger partial charge in [-0.15, -0.1) is 0 Å². The predicted molar refractivity (Wildman–Crippen MR) is 128 cm³/mol. The molecule has 1 amide bonds. The molecule has 0 unspecified atom stereocenters. The number of nitrogens with zero attached hydrogens (tertiary/aromatic N) is 5. The van der Waals surface area contributed by atoms with E-state index < -0.39 is 18.4 Å². The number of pyridine rings is 1. The number of aryl methyl sites for hydroxylation is 1. The number of anilines is 2. The highest BCUT2D eigenvalue weighted by Crippen LogP contribution is 2.31. The fourth-order valence-electron chi connectivity index (χ4n) is 4.72. The molecule has 0 bridgehead atoms. The number of amides is 1. The lowest BCUT2D eigenvalue weighted by Gasteiger charge is -2.34. The Labute approximate surface area is 195 Å². The van der Waals surface area contributed by atoms with E-state index in [2.05, 4.69) is 32.5 Å². The van der Waals surface area contributed by atoms with Crippen LogP contribution in [0.2, 0.25) is 0 Å². The van der Waals surface area contributed by atoms with Crippen molar-refractivity contribution < 1.29 is 13.6 Å². The molecular weight excluding hydrogens is 440 g/mol. The molecule has 8 nitrogen and oxygen atoms in total. The average molecular weight is 468 g/mol. The zero-order valence-electron chi connectivity index (χ0n) is 19.2. The topological polar surface area (TPSA) is 79.5 Å². The van der Waals surface area contributed by atoms with Crippen LogP contribution in [0.5, 0.6) is 0 Å². The van der Waals surface area contributed by atoms with Crippen molar-refractivity contribution in [3.63, 3.8) is 0 Å². The van der Waals surface area contributed by atoms with Crippen molar-refractivity contribution in [2.24, 2.45) is 7.05 Å². The first kappa shape index (κ1) is 22.3. The first-order chi connectivity index (χ1) is 16.5. The number of carbonyl (C=O) groups is 1. The number of alkyl halides is 1. The Morgan fingerprint density at radius 2 is 2.00 bits per heavy atom. The predicted octanol–water partition coefficient (Wildman–Crippen LogP) is 3.66. The molecule has 1 saturated heterocycles. The summed E-state index contributed by atoms with van der Waals surface area (Å²) in [5.74, 6) is -1.04. The molecule has 10 heteroatoms. The lowest BCUT2D eigenvalue weighted by atomic mass is 10.0. The zero-order valence-corrected chi connectivity index (χ0v) is 19.2. The SMILES string of the molecule is CCNC1CCN(c2ccc(C(=O)Nc3cc(F)c4nc(CF)cn4c3)c3nn(C)cc23)CC1. The number of nitrogens with one attached hydrogen (secondary N) is 2. The van der Waals surface area contributed by atoms with Crippen molar-refractivity contribution in [2.75, 3.05) is 29.9 Å². The summed E-state index contributed by atoms with van der Waals surface area (Å²) in [6.07, 6.45) is 6.96. The van der Waals surface area contributed by atoms with Crippen molar-refractivity contribution in [1.82, 2.24) is 24.5 Å². The number of fused-ring (bicyclic) bond motifs is 2. The van der Waals surface area contributed by atoms with Gasteiger partial charge in [-0.25, -0.2) is 13.8 Å². The quantitative estimate of drug-likeness (QED) is 0.453. The molecule has 2 N–H and O–H groups in total. The average Bonchev–Trinajstić information content (AvgIpc) is 3.42. The van der Waals surface area contributed by atoms with Gasteiger partial charge >= 0.3 is 0 Å². The molecule has 5 rings (SSSR count). The summed E-state index contributed by atoms with van der Waals surface area (Å²) in [7, 11) is 1.83. The van der Waals surface area contributed by atoms with Gasteiger partial charge in [-0.1, -0.05) is 6.92 Å². The summed E-state index contributed by atoms with van der Waals surface area (Å²) < 4.78 is 30.4. The molecule has 34 heavy (non-hydrogen) atoms. The van der Waals surface area contributed by atoms with E-state index >= 15 is 0 Å². The molecule has 0 atom stereocenters. The number of rotatable bonds is 6. The number of imidazole rings is 1. The van der Waals surface area contributed by atoms with Gasteiger partial charge in [0.1, 0.15) is 12.2 Å². The van der Waals surface area contributed by atoms with Crippen LogP contribution in [0.4, 0.5) is 20.2 Å². The van der Waals surface area contributed by atoms with Crippen molar-refractivity contribution in [3.05, 3.63) is 53.9 Å². The molecule has 1 fully saturated rings. The van der Waals surface area contributed by atoms with Crippen molar-refractivity contribution in [2.45, 2.75) is 32.5 Å². The molecule has 3 aromatic heterocycles. The number of aromatic nitrogens is 4. The Balaban J connectivity index is 1.42. The Morgan fingerprint density at radius 3 is 2.74 bits per heavy atom. The van der Waals surface area contributed by atoms with E-state index in [1.165, 1.54) is 22.9 Å². The van der Waals surface area contributed by atoms with Gasteiger partial charge < -0.3 is 19.9 Å². The minimum Gasteiger partial charge on any atom is -0.371 e. The van der Waals surface area contributed by atoms with Gasteiger partial charge in [-0.3, -0.25) is 9.48 Å². The van der Waals surface area contributed by atoms with Gasteiger partial charge in [-0.05, 0) is 31.5 Å². The molecule has 0 saturated carbocycles. The van der Waals surface area contributed by atoms with Gasteiger partial charge in [-0.2, -0.15) is 5.10 Å². The van der Waals surface area contributed by atoms with E-state index in [1.807, 2.05) is 19.3 Å². The molecule has 4 heterocycles. The van der Waals surface area contributed by atoms with Gasteiger partial charge in [0.2, 0.25) is 0 Å². The molecule has 1 aliphatic heterocycles. The van der Waals surface area contributed by atoms with Crippen LogP contribution < -0.4 is 15.5 Å². The third kappa shape index (κ3) is 4.09. The molecule has 0 spiro atoms. The van der Waals surface area contributed by atoms with Gasteiger partial charge in [0.15, 0.2) is 11.5 Å². The van der Waals surface area contributed by atoms with E-state index in [4.69, 9.17) is 0 Å². The van der Waals surface area contributed by atoms with E-state index in [-0.39, 0.29) is 17.0 Å². The number of piperidine rings is 1. The van der Waals surface area contributed by atoms with Crippen molar-refractivity contribution in [1.29, 1.82) is 0 Å². The van der Waals surface area contributed by atoms with Crippen LogP contribution in [0.15, 0.2) is 36.8 Å². The van der Waals surface area contributed by atoms with Gasteiger partial charge in [0, 0.05) is 61.9 Å². The third-order valence-corrected chi connectivity index (χ3v) is 6.29. The summed E-state index contributed by atoms with van der Waals surface area (Å²) >= 11 is 0. The normalized spacial score (nSPS) is 14.9. The smallest absolute Gasteiger partial charge is 0.257 e. The number of hydrogen-bond acceptors (Lipinski definition) is 5. The fourth-order valence-corrected chi connectivity index (χ4v) is 4.72. The first-order valence-corrected chi connectivity index (χ1v) is 11.5. The second-order valence-corrected chi connectivity index (χ2v) is 8.64. The van der Waals surface area contributed by atoms with E-state index in [0.29, 0.717) is 17.1 Å². The molecule has 0 radical (unpaired) electrons. The summed E-state index contributed by atoms with van der Waals surface area (Å²) in [6, 6.07) is 5.44. The van der Waals surface area contributed by atoms with Gasteiger partial charge in [0.25, 0.3) is 5.91 Å². The van der Waals surface area contributed by atoms with Crippen LogP contribution in [-0.4, -0.2) is 50.7 Å². The maximum absolute atomic E-state index is 14.5. The highest BCUT2D eigenvalue weighted by molar-refractivity contribution is 6.13. The molecule has 1 aromatic carbocycles. The Hall–Kier alpha value is -3.53. The Kier molecular flexibility index (Phi) is 5.91.